The van der Waals surface area contributed by atoms with Gasteiger partial charge in [-0.2, -0.15) is 0 Å². The van der Waals surface area contributed by atoms with Gasteiger partial charge in [-0.3, -0.25) is 9.97 Å². The lowest BCUT2D eigenvalue weighted by Gasteiger charge is -2.20. The van der Waals surface area contributed by atoms with E-state index in [1.165, 1.54) is 11.1 Å². The Kier molecular flexibility index (Phi) is 6.66. The number of pyridine rings is 2. The molecule has 0 bridgehead atoms. The fraction of sp³-hybridized carbons (Fsp3) is 0.222. The molecule has 0 aliphatic carbocycles. The van der Waals surface area contributed by atoms with Crippen molar-refractivity contribution < 1.29 is 8.95 Å². The summed E-state index contributed by atoms with van der Waals surface area (Å²) in [5.41, 5.74) is 7.98. The minimum Gasteiger partial charge on any atom is -0.457 e. The van der Waals surface area contributed by atoms with E-state index < -0.39 is 10.8 Å². The van der Waals surface area contributed by atoms with E-state index in [9.17, 15) is 4.21 Å². The zero-order chi connectivity index (χ0) is 28.9. The first kappa shape index (κ1) is 27.1. The number of ether oxygens (including phenoxy) is 1. The molecule has 5 aromatic rings. The van der Waals surface area contributed by atoms with Gasteiger partial charge in [-0.25, -0.2) is 4.21 Å². The van der Waals surface area contributed by atoms with Crippen molar-refractivity contribution in [1.29, 1.82) is 0 Å². The minimum absolute atomic E-state index is 0.0260. The highest BCUT2D eigenvalue weighted by Crippen LogP contribution is 2.48. The number of aromatic nitrogens is 2. The van der Waals surface area contributed by atoms with E-state index in [2.05, 4.69) is 70.8 Å². The SMILES string of the molecule is CC(C)(C)c1ccnc(-c2cccc(Oc3cc(-c4cc(C(C)(C)C)ccn4)c4c(c3)S(=O)c3ccccc3-4)c2)c1. The van der Waals surface area contributed by atoms with Gasteiger partial charge in [0.25, 0.3) is 0 Å². The van der Waals surface area contributed by atoms with Crippen LogP contribution in [0.2, 0.25) is 0 Å². The van der Waals surface area contributed by atoms with Crippen molar-refractivity contribution in [2.45, 2.75) is 62.2 Å². The maximum absolute atomic E-state index is 13.7. The number of fused-ring (bicyclic) bond motifs is 3. The van der Waals surface area contributed by atoms with Crippen LogP contribution in [0.4, 0.5) is 0 Å². The normalized spacial score (nSPS) is 14.4. The number of hydrogen-bond donors (Lipinski definition) is 0. The lowest BCUT2D eigenvalue weighted by molar-refractivity contribution is 0.481. The van der Waals surface area contributed by atoms with Crippen LogP contribution < -0.4 is 4.74 Å². The van der Waals surface area contributed by atoms with Crippen molar-refractivity contribution >= 4 is 10.8 Å². The summed E-state index contributed by atoms with van der Waals surface area (Å²) in [4.78, 5) is 11.0. The van der Waals surface area contributed by atoms with E-state index in [-0.39, 0.29) is 10.8 Å². The average molecular weight is 559 g/mol. The predicted molar refractivity (Wildman–Crippen MR) is 167 cm³/mol. The van der Waals surface area contributed by atoms with E-state index in [1.54, 1.807) is 0 Å². The molecule has 2 aromatic heterocycles. The van der Waals surface area contributed by atoms with Gasteiger partial charge in [-0.05, 0) is 76.6 Å². The summed E-state index contributed by atoms with van der Waals surface area (Å²) < 4.78 is 20.2. The second kappa shape index (κ2) is 10.1. The van der Waals surface area contributed by atoms with Crippen LogP contribution in [0.15, 0.2) is 107 Å². The highest BCUT2D eigenvalue weighted by molar-refractivity contribution is 7.85. The lowest BCUT2D eigenvalue weighted by Crippen LogP contribution is -2.11. The summed E-state index contributed by atoms with van der Waals surface area (Å²) in [6, 6.07) is 28.2. The van der Waals surface area contributed by atoms with Gasteiger partial charge in [-0.15, -0.1) is 0 Å². The molecule has 0 saturated carbocycles. The lowest BCUT2D eigenvalue weighted by atomic mass is 9.86. The molecule has 0 fully saturated rings. The third kappa shape index (κ3) is 5.22. The molecule has 1 aliphatic rings. The number of hydrogen-bond acceptors (Lipinski definition) is 4. The molecule has 41 heavy (non-hydrogen) atoms. The zero-order valence-corrected chi connectivity index (χ0v) is 25.2. The fourth-order valence-electron chi connectivity index (χ4n) is 5.18. The van der Waals surface area contributed by atoms with Crippen molar-refractivity contribution in [2.24, 2.45) is 0 Å². The van der Waals surface area contributed by atoms with Crippen molar-refractivity contribution in [2.75, 3.05) is 0 Å². The van der Waals surface area contributed by atoms with Crippen LogP contribution >= 0.6 is 0 Å². The Bertz CT molecular complexity index is 1810. The van der Waals surface area contributed by atoms with E-state index in [0.29, 0.717) is 11.5 Å². The first-order chi connectivity index (χ1) is 19.5. The molecule has 206 valence electrons. The third-order valence-corrected chi connectivity index (χ3v) is 9.00. The Labute approximate surface area is 245 Å². The highest BCUT2D eigenvalue weighted by Gasteiger charge is 2.30. The third-order valence-electron chi connectivity index (χ3n) is 7.52. The second-order valence-corrected chi connectivity index (χ2v) is 14.0. The smallest absolute Gasteiger partial charge is 0.129 e. The second-order valence-electron chi connectivity index (χ2n) is 12.6. The first-order valence-corrected chi connectivity index (χ1v) is 15.0. The summed E-state index contributed by atoms with van der Waals surface area (Å²) in [6.45, 7) is 13.2. The van der Waals surface area contributed by atoms with Crippen LogP contribution in [-0.2, 0) is 21.6 Å². The quantitative estimate of drug-likeness (QED) is 0.216. The van der Waals surface area contributed by atoms with Crippen LogP contribution in [0, 0.1) is 0 Å². The van der Waals surface area contributed by atoms with Crippen molar-refractivity contribution in [3.63, 3.8) is 0 Å². The standard InChI is InChI=1S/C36H34N2O2S/c1-35(2,3)24-14-16-37-30(19-24)23-10-9-11-26(18-23)40-27-21-29(31-20-25(15-17-38-31)36(4,5)6)34-28-12-7-8-13-32(28)41(39)33(34)22-27/h7-22H,1-6H3. The van der Waals surface area contributed by atoms with Crippen molar-refractivity contribution in [3.05, 3.63) is 108 Å². The molecular weight excluding hydrogens is 524 g/mol. The van der Waals surface area contributed by atoms with Crippen molar-refractivity contribution in [1.82, 2.24) is 9.97 Å². The Hall–Kier alpha value is -4.09. The molecule has 0 amide bonds. The summed E-state index contributed by atoms with van der Waals surface area (Å²) in [6.07, 6.45) is 3.72. The summed E-state index contributed by atoms with van der Waals surface area (Å²) in [7, 11) is -1.31. The average Bonchev–Trinajstić information content (AvgIpc) is 3.24. The molecule has 0 radical (unpaired) electrons. The van der Waals surface area contributed by atoms with Gasteiger partial charge in [0.2, 0.25) is 0 Å². The molecule has 3 heterocycles. The molecule has 4 nitrogen and oxygen atoms in total. The molecule has 5 heteroatoms. The van der Waals surface area contributed by atoms with Crippen LogP contribution in [0.1, 0.15) is 52.7 Å². The van der Waals surface area contributed by atoms with Crippen LogP contribution in [0.5, 0.6) is 11.5 Å². The van der Waals surface area contributed by atoms with E-state index >= 15 is 0 Å². The van der Waals surface area contributed by atoms with Gasteiger partial charge >= 0.3 is 0 Å². The largest absolute Gasteiger partial charge is 0.457 e. The topological polar surface area (TPSA) is 52.1 Å². The van der Waals surface area contributed by atoms with Crippen LogP contribution in [0.25, 0.3) is 33.6 Å². The molecule has 0 spiro atoms. The van der Waals surface area contributed by atoms with Crippen LogP contribution in [-0.4, -0.2) is 14.2 Å². The zero-order valence-electron chi connectivity index (χ0n) is 24.4. The van der Waals surface area contributed by atoms with Gasteiger partial charge in [-0.1, -0.05) is 71.9 Å². The molecule has 1 unspecified atom stereocenters. The van der Waals surface area contributed by atoms with Crippen LogP contribution in [0.3, 0.4) is 0 Å². The van der Waals surface area contributed by atoms with Gasteiger partial charge < -0.3 is 4.74 Å². The number of nitrogens with zero attached hydrogens (tertiary/aromatic N) is 2. The summed E-state index contributed by atoms with van der Waals surface area (Å²) in [5.74, 6) is 1.31. The monoisotopic (exact) mass is 558 g/mol. The Morgan fingerprint density at radius 2 is 1.27 bits per heavy atom. The van der Waals surface area contributed by atoms with Gasteiger partial charge in [0.15, 0.2) is 0 Å². The molecule has 1 atom stereocenters. The van der Waals surface area contributed by atoms with Gasteiger partial charge in [0.05, 0.1) is 32.0 Å². The predicted octanol–water partition coefficient (Wildman–Crippen LogP) is 9.34. The maximum Gasteiger partial charge on any atom is 0.129 e. The van der Waals surface area contributed by atoms with Gasteiger partial charge in [0, 0.05) is 34.6 Å². The maximum atomic E-state index is 13.7. The van der Waals surface area contributed by atoms with E-state index in [1.807, 2.05) is 73.1 Å². The van der Waals surface area contributed by atoms with E-state index in [0.717, 1.165) is 43.4 Å². The summed E-state index contributed by atoms with van der Waals surface area (Å²) in [5, 5.41) is 0. The molecule has 6 rings (SSSR count). The molecule has 0 N–H and O–H groups in total. The molecular formula is C36H34N2O2S. The number of rotatable bonds is 4. The minimum atomic E-state index is -1.31. The Balaban J connectivity index is 1.45. The first-order valence-electron chi connectivity index (χ1n) is 13.9. The molecule has 3 aromatic carbocycles. The molecule has 1 aliphatic heterocycles. The van der Waals surface area contributed by atoms with Gasteiger partial charge in [0.1, 0.15) is 11.5 Å². The Morgan fingerprint density at radius 1 is 0.610 bits per heavy atom. The number of benzene rings is 3. The highest BCUT2D eigenvalue weighted by atomic mass is 32.2. The van der Waals surface area contributed by atoms with E-state index in [4.69, 9.17) is 9.72 Å². The van der Waals surface area contributed by atoms with Crippen molar-refractivity contribution in [3.8, 4) is 45.1 Å². The summed E-state index contributed by atoms with van der Waals surface area (Å²) >= 11 is 0. The Morgan fingerprint density at radius 3 is 1.98 bits per heavy atom. The molecule has 0 saturated heterocycles. The fourth-order valence-corrected chi connectivity index (χ4v) is 6.62.